The highest BCUT2D eigenvalue weighted by atomic mass is 16.6. The highest BCUT2D eigenvalue weighted by Gasteiger charge is 2.47. The number of ether oxygens (including phenoxy) is 1. The van der Waals surface area contributed by atoms with E-state index in [1.54, 1.807) is 0 Å². The molecule has 2 aromatic heterocycles. The first-order chi connectivity index (χ1) is 12.1. The number of nitrogens with one attached hydrogen (secondary N) is 1. The Balaban J connectivity index is 1.64. The van der Waals surface area contributed by atoms with Crippen LogP contribution in [0.15, 0.2) is 17.8 Å². The van der Waals surface area contributed by atoms with Crippen LogP contribution in [0.3, 0.4) is 0 Å². The van der Waals surface area contributed by atoms with Gasteiger partial charge in [-0.25, -0.2) is 9.97 Å². The number of aromatic nitrogens is 4. The molecule has 0 radical (unpaired) electrons. The van der Waals surface area contributed by atoms with E-state index in [4.69, 9.17) is 10.6 Å². The summed E-state index contributed by atoms with van der Waals surface area (Å²) in [5, 5.41) is 34.3. The van der Waals surface area contributed by atoms with E-state index in [0.29, 0.717) is 17.1 Å². The number of imidazole rings is 1. The fourth-order valence-electron chi connectivity index (χ4n) is 2.86. The molecule has 10 heteroatoms. The average molecular weight is 346 g/mol. The average Bonchev–Trinajstić information content (AvgIpc) is 3.29. The Bertz CT molecular complexity index is 908. The summed E-state index contributed by atoms with van der Waals surface area (Å²) in [4.78, 5) is 11.0. The third-order valence-corrected chi connectivity index (χ3v) is 4.39. The fourth-order valence-corrected chi connectivity index (χ4v) is 2.86. The number of aromatic amines is 1. The first-order valence-corrected chi connectivity index (χ1v) is 7.95. The summed E-state index contributed by atoms with van der Waals surface area (Å²) in [7, 11) is 0. The Morgan fingerprint density at radius 3 is 2.88 bits per heavy atom. The van der Waals surface area contributed by atoms with Gasteiger partial charge >= 0.3 is 0 Å². The number of nitrogens with zero attached hydrogens (tertiary/aromatic N) is 4. The zero-order valence-corrected chi connectivity index (χ0v) is 13.1. The summed E-state index contributed by atoms with van der Waals surface area (Å²) in [6.07, 6.45) is -0.857. The van der Waals surface area contributed by atoms with Crippen LogP contribution < -0.4 is 11.3 Å². The summed E-state index contributed by atoms with van der Waals surface area (Å²) in [6, 6.07) is 0. The predicted octanol–water partition coefficient (Wildman–Crippen LogP) is -2.07. The maximum absolute atomic E-state index is 10.4. The zero-order valence-electron chi connectivity index (χ0n) is 13.1. The van der Waals surface area contributed by atoms with E-state index in [1.165, 1.54) is 17.2 Å². The maximum atomic E-state index is 10.4. The van der Waals surface area contributed by atoms with Crippen molar-refractivity contribution in [1.29, 1.82) is 0 Å². The highest BCUT2D eigenvalue weighted by Crippen LogP contribution is 2.33. The van der Waals surface area contributed by atoms with Gasteiger partial charge in [-0.15, -0.1) is 0 Å². The Labute approximate surface area is 142 Å². The van der Waals surface area contributed by atoms with Gasteiger partial charge in [-0.05, 0) is 12.8 Å². The van der Waals surface area contributed by atoms with Gasteiger partial charge in [-0.1, -0.05) is 11.8 Å². The number of hydrogen-bond acceptors (Lipinski definition) is 8. The quantitative estimate of drug-likeness (QED) is 0.238. The number of hydrogen-bond donors (Lipinski definition) is 5. The predicted molar refractivity (Wildman–Crippen MR) is 84.1 cm³/mol. The van der Waals surface area contributed by atoms with Crippen molar-refractivity contribution in [2.45, 2.75) is 43.5 Å². The summed E-state index contributed by atoms with van der Waals surface area (Å²) in [6.45, 7) is 0. The molecule has 0 spiro atoms. The Morgan fingerprint density at radius 1 is 1.36 bits per heavy atom. The van der Waals surface area contributed by atoms with Gasteiger partial charge in [-0.2, -0.15) is 5.10 Å². The molecule has 1 saturated carbocycles. The van der Waals surface area contributed by atoms with Gasteiger partial charge in [0.2, 0.25) is 5.49 Å². The van der Waals surface area contributed by atoms with Crippen molar-refractivity contribution in [1.82, 2.24) is 19.5 Å². The Morgan fingerprint density at radius 2 is 2.16 bits per heavy atom. The van der Waals surface area contributed by atoms with Crippen molar-refractivity contribution < 1.29 is 20.1 Å². The van der Waals surface area contributed by atoms with E-state index in [9.17, 15) is 15.3 Å². The second-order valence-corrected chi connectivity index (χ2v) is 6.18. The molecule has 0 amide bonds. The van der Waals surface area contributed by atoms with E-state index < -0.39 is 30.6 Å². The lowest BCUT2D eigenvalue weighted by molar-refractivity contribution is -0.0674. The number of fused-ring (bicyclic) bond motifs is 1. The first kappa shape index (κ1) is 16.0. The molecule has 2 aliphatic rings. The SMILES string of the molecule is NN=c1nc[nH]c2c1ncn2[C@@H]1O[C@H]([C@H](O)C#CC2CC2)[C@@H](O)[C@H]1O. The molecule has 132 valence electrons. The first-order valence-electron chi connectivity index (χ1n) is 7.95. The van der Waals surface area contributed by atoms with Crippen LogP contribution in [-0.2, 0) is 4.74 Å². The van der Waals surface area contributed by atoms with Crippen LogP contribution >= 0.6 is 0 Å². The van der Waals surface area contributed by atoms with Gasteiger partial charge in [0, 0.05) is 5.92 Å². The second-order valence-electron chi connectivity index (χ2n) is 6.18. The van der Waals surface area contributed by atoms with Crippen LogP contribution in [0, 0.1) is 17.8 Å². The Kier molecular flexibility index (Phi) is 3.93. The molecule has 1 aliphatic carbocycles. The lowest BCUT2D eigenvalue weighted by Crippen LogP contribution is -2.38. The van der Waals surface area contributed by atoms with Crippen LogP contribution in [0.2, 0.25) is 0 Å². The summed E-state index contributed by atoms with van der Waals surface area (Å²) in [5.41, 5.74) is 1.09. The molecule has 2 aromatic rings. The topological polar surface area (TPSA) is 155 Å². The van der Waals surface area contributed by atoms with Crippen LogP contribution in [0.1, 0.15) is 19.1 Å². The minimum absolute atomic E-state index is 0.229. The normalized spacial score (nSPS) is 31.1. The van der Waals surface area contributed by atoms with E-state index >= 15 is 0 Å². The molecular weight excluding hydrogens is 328 g/mol. The zero-order chi connectivity index (χ0) is 17.6. The smallest absolute Gasteiger partial charge is 0.202 e. The lowest BCUT2D eigenvalue weighted by Gasteiger charge is -2.17. The van der Waals surface area contributed by atoms with Gasteiger partial charge in [0.15, 0.2) is 11.7 Å². The second kappa shape index (κ2) is 6.12. The van der Waals surface area contributed by atoms with Gasteiger partial charge in [0.25, 0.3) is 0 Å². The van der Waals surface area contributed by atoms with Crippen molar-refractivity contribution in [3.8, 4) is 11.8 Å². The third kappa shape index (κ3) is 2.77. The molecule has 0 aromatic carbocycles. The van der Waals surface area contributed by atoms with Crippen molar-refractivity contribution in [2.75, 3.05) is 0 Å². The number of aliphatic hydroxyl groups excluding tert-OH is 3. The monoisotopic (exact) mass is 346 g/mol. The molecule has 2 fully saturated rings. The van der Waals surface area contributed by atoms with Gasteiger partial charge in [0.05, 0.1) is 12.7 Å². The molecule has 4 rings (SSSR count). The summed E-state index contributed by atoms with van der Waals surface area (Å²) in [5.74, 6) is 11.2. The van der Waals surface area contributed by atoms with Gasteiger partial charge < -0.3 is 30.9 Å². The van der Waals surface area contributed by atoms with Crippen LogP contribution in [0.25, 0.3) is 11.2 Å². The fraction of sp³-hybridized carbons (Fsp3) is 0.533. The molecule has 25 heavy (non-hydrogen) atoms. The molecule has 1 saturated heterocycles. The molecule has 3 heterocycles. The van der Waals surface area contributed by atoms with Crippen molar-refractivity contribution in [3.63, 3.8) is 0 Å². The van der Waals surface area contributed by atoms with E-state index in [2.05, 4.69) is 31.9 Å². The highest BCUT2D eigenvalue weighted by molar-refractivity contribution is 5.68. The van der Waals surface area contributed by atoms with Crippen molar-refractivity contribution in [2.24, 2.45) is 16.9 Å². The Hall–Kier alpha value is -2.45. The number of aliphatic hydroxyl groups is 3. The summed E-state index contributed by atoms with van der Waals surface area (Å²) < 4.78 is 7.20. The van der Waals surface area contributed by atoms with E-state index in [0.717, 1.165) is 12.8 Å². The van der Waals surface area contributed by atoms with Crippen LogP contribution in [0.5, 0.6) is 0 Å². The van der Waals surface area contributed by atoms with E-state index in [1.807, 2.05) is 0 Å². The molecular formula is C15H18N6O4. The third-order valence-electron chi connectivity index (χ3n) is 4.39. The lowest BCUT2D eigenvalue weighted by atomic mass is 10.1. The van der Waals surface area contributed by atoms with Crippen LogP contribution in [-0.4, -0.2) is 59.3 Å². The molecule has 0 bridgehead atoms. The standard InChI is InChI=1S/C15H18N6O4/c16-20-13-9-14(18-5-17-13)21(6-19-9)15-11(24)10(23)12(25-15)8(22)4-3-7-1-2-7/h5-8,10-12,15,22-24H,1-2,16H2,(H,17,18,20)/t8-,10+,11-,12-,15-/m1/s1. The molecule has 5 atom stereocenters. The van der Waals surface area contributed by atoms with Gasteiger partial charge in [0.1, 0.15) is 30.1 Å². The maximum Gasteiger partial charge on any atom is 0.202 e. The summed E-state index contributed by atoms with van der Waals surface area (Å²) >= 11 is 0. The van der Waals surface area contributed by atoms with E-state index in [-0.39, 0.29) is 5.49 Å². The molecule has 1 aliphatic heterocycles. The largest absolute Gasteiger partial charge is 0.387 e. The number of nitrogens with two attached hydrogens (primary N) is 1. The van der Waals surface area contributed by atoms with Gasteiger partial charge in [-0.3, -0.25) is 4.57 Å². The number of rotatable bonds is 2. The minimum atomic E-state index is -1.29. The van der Waals surface area contributed by atoms with Crippen molar-refractivity contribution in [3.05, 3.63) is 18.1 Å². The number of H-pyrrole nitrogens is 1. The van der Waals surface area contributed by atoms with Crippen molar-refractivity contribution >= 4 is 11.2 Å². The minimum Gasteiger partial charge on any atom is -0.387 e. The molecule has 10 nitrogen and oxygen atoms in total. The molecule has 6 N–H and O–H groups in total. The molecule has 0 unspecified atom stereocenters. The van der Waals surface area contributed by atoms with Crippen LogP contribution in [0.4, 0.5) is 0 Å².